The number of ether oxygens (including phenoxy) is 1. The maximum absolute atomic E-state index is 13.3. The van der Waals surface area contributed by atoms with E-state index in [1.54, 1.807) is 0 Å². The highest BCUT2D eigenvalue weighted by atomic mass is 16.5. The fourth-order valence-corrected chi connectivity index (χ4v) is 4.46. The Bertz CT molecular complexity index is 774. The molecule has 0 aliphatic carbocycles. The van der Waals surface area contributed by atoms with Crippen molar-refractivity contribution in [3.05, 3.63) is 71.3 Å². The Morgan fingerprint density at radius 2 is 1.61 bits per heavy atom. The second kappa shape index (κ2) is 8.46. The molecular weight excluding hydrogens is 348 g/mol. The van der Waals surface area contributed by atoms with Crippen LogP contribution in [-0.4, -0.2) is 54.1 Å². The number of carbonyl (C=O) groups excluding carboxylic acids is 1. The lowest BCUT2D eigenvalue weighted by Crippen LogP contribution is -2.65. The number of piperazine rings is 1. The first-order chi connectivity index (χ1) is 13.6. The molecule has 2 bridgehead atoms. The van der Waals surface area contributed by atoms with Crippen LogP contribution in [0.15, 0.2) is 54.6 Å². The van der Waals surface area contributed by atoms with Crippen molar-refractivity contribution in [2.45, 2.75) is 38.9 Å². The lowest BCUT2D eigenvalue weighted by Gasteiger charge is -2.49. The van der Waals surface area contributed by atoms with Crippen LogP contribution in [0.25, 0.3) is 0 Å². The number of hydrogen-bond donors (Lipinski definition) is 0. The monoisotopic (exact) mass is 378 g/mol. The zero-order valence-corrected chi connectivity index (χ0v) is 16.9. The Hall–Kier alpha value is -2.17. The number of morpholine rings is 1. The third-order valence-electron chi connectivity index (χ3n) is 5.67. The molecule has 1 amide bonds. The third kappa shape index (κ3) is 4.29. The topological polar surface area (TPSA) is 32.8 Å². The molecule has 2 fully saturated rings. The third-order valence-corrected chi connectivity index (χ3v) is 5.67. The van der Waals surface area contributed by atoms with Gasteiger partial charge in [0.15, 0.2) is 0 Å². The van der Waals surface area contributed by atoms with E-state index >= 15 is 0 Å². The van der Waals surface area contributed by atoms with E-state index in [0.29, 0.717) is 19.1 Å². The van der Waals surface area contributed by atoms with Crippen molar-refractivity contribution in [3.8, 4) is 0 Å². The summed E-state index contributed by atoms with van der Waals surface area (Å²) < 4.78 is 5.79. The van der Waals surface area contributed by atoms with Crippen LogP contribution >= 0.6 is 0 Å². The molecule has 0 saturated carbocycles. The summed E-state index contributed by atoms with van der Waals surface area (Å²) >= 11 is 0. The van der Waals surface area contributed by atoms with Gasteiger partial charge in [0.1, 0.15) is 0 Å². The maximum Gasteiger partial charge on any atom is 0.254 e. The Labute approximate surface area is 168 Å². The number of rotatable bonds is 5. The molecule has 0 aromatic heterocycles. The van der Waals surface area contributed by atoms with Gasteiger partial charge in [0.05, 0.1) is 25.3 Å². The van der Waals surface area contributed by atoms with Gasteiger partial charge in [-0.15, -0.1) is 0 Å². The minimum atomic E-state index is 0.124. The average molecular weight is 379 g/mol. The minimum absolute atomic E-state index is 0.124. The highest BCUT2D eigenvalue weighted by molar-refractivity contribution is 5.95. The molecule has 2 atom stereocenters. The van der Waals surface area contributed by atoms with Crippen molar-refractivity contribution < 1.29 is 9.53 Å². The number of nitrogens with zero attached hydrogens (tertiary/aromatic N) is 2. The van der Waals surface area contributed by atoms with Crippen LogP contribution in [0.3, 0.4) is 0 Å². The molecular formula is C24H30N2O2. The quantitative estimate of drug-likeness (QED) is 0.797. The van der Waals surface area contributed by atoms with E-state index in [9.17, 15) is 4.79 Å². The van der Waals surface area contributed by atoms with Gasteiger partial charge in [-0.25, -0.2) is 0 Å². The Balaban J connectivity index is 1.45. The van der Waals surface area contributed by atoms with E-state index in [0.717, 1.165) is 31.6 Å². The van der Waals surface area contributed by atoms with Gasteiger partial charge in [0.2, 0.25) is 0 Å². The largest absolute Gasteiger partial charge is 0.377 e. The summed E-state index contributed by atoms with van der Waals surface area (Å²) in [5, 5.41) is 0. The van der Waals surface area contributed by atoms with Crippen LogP contribution < -0.4 is 0 Å². The van der Waals surface area contributed by atoms with Crippen molar-refractivity contribution in [1.29, 1.82) is 0 Å². The van der Waals surface area contributed by atoms with E-state index in [2.05, 4.69) is 66.1 Å². The zero-order chi connectivity index (χ0) is 19.5. The number of carbonyl (C=O) groups is 1. The fraction of sp³-hybridized carbons (Fsp3) is 0.458. The first kappa shape index (κ1) is 19.2. The molecule has 4 heteroatoms. The number of amides is 1. The molecule has 0 radical (unpaired) electrons. The van der Waals surface area contributed by atoms with Crippen molar-refractivity contribution >= 4 is 5.91 Å². The van der Waals surface area contributed by atoms with Gasteiger partial charge >= 0.3 is 0 Å². The summed E-state index contributed by atoms with van der Waals surface area (Å²) in [7, 11) is 0. The average Bonchev–Trinajstić information content (AvgIpc) is 2.68. The zero-order valence-electron chi connectivity index (χ0n) is 16.9. The van der Waals surface area contributed by atoms with Crippen LogP contribution in [0, 0.1) is 5.92 Å². The van der Waals surface area contributed by atoms with Crippen LogP contribution in [0.2, 0.25) is 0 Å². The number of fused-ring (bicyclic) bond motifs is 2. The molecule has 4 rings (SSSR count). The summed E-state index contributed by atoms with van der Waals surface area (Å²) in [6, 6.07) is 19.0. The SMILES string of the molecule is CC(C)Cc1ccc(C(=O)N2[C@@H]3COC[C@H]2CN(Cc2ccccc2)C3)cc1. The highest BCUT2D eigenvalue weighted by Gasteiger charge is 2.41. The summed E-state index contributed by atoms with van der Waals surface area (Å²) in [6.07, 6.45) is 1.05. The second-order valence-electron chi connectivity index (χ2n) is 8.53. The van der Waals surface area contributed by atoms with Gasteiger partial charge in [-0.1, -0.05) is 56.3 Å². The number of benzene rings is 2. The molecule has 2 aliphatic heterocycles. The molecule has 4 nitrogen and oxygen atoms in total. The van der Waals surface area contributed by atoms with Crippen LogP contribution in [0.4, 0.5) is 0 Å². The minimum Gasteiger partial charge on any atom is -0.377 e. The van der Waals surface area contributed by atoms with Gasteiger partial charge in [-0.05, 0) is 35.6 Å². The maximum atomic E-state index is 13.3. The van der Waals surface area contributed by atoms with Gasteiger partial charge in [0.25, 0.3) is 5.91 Å². The van der Waals surface area contributed by atoms with Crippen molar-refractivity contribution in [3.63, 3.8) is 0 Å². The van der Waals surface area contributed by atoms with E-state index in [1.165, 1.54) is 11.1 Å². The molecule has 2 aromatic carbocycles. The molecule has 2 aromatic rings. The summed E-state index contributed by atoms with van der Waals surface area (Å²) in [6.45, 7) is 8.34. The smallest absolute Gasteiger partial charge is 0.254 e. The predicted molar refractivity (Wildman–Crippen MR) is 111 cm³/mol. The number of hydrogen-bond acceptors (Lipinski definition) is 3. The summed E-state index contributed by atoms with van der Waals surface area (Å²) in [5.41, 5.74) is 3.41. The molecule has 0 N–H and O–H groups in total. The Morgan fingerprint density at radius 3 is 2.21 bits per heavy atom. The van der Waals surface area contributed by atoms with Crippen molar-refractivity contribution in [1.82, 2.24) is 9.80 Å². The highest BCUT2D eigenvalue weighted by Crippen LogP contribution is 2.25. The van der Waals surface area contributed by atoms with Crippen LogP contribution in [0.1, 0.15) is 35.3 Å². The predicted octanol–water partition coefficient (Wildman–Crippen LogP) is 3.61. The standard InChI is InChI=1S/C24H30N2O2/c1-18(2)12-19-8-10-21(11-9-19)24(27)26-22-14-25(15-23(26)17-28-16-22)13-20-6-4-3-5-7-20/h3-11,18,22-23H,12-17H2,1-2H3/t22-,23+. The van der Waals surface area contributed by atoms with Crippen molar-refractivity contribution in [2.75, 3.05) is 26.3 Å². The molecule has 148 valence electrons. The Kier molecular flexibility index (Phi) is 5.79. The summed E-state index contributed by atoms with van der Waals surface area (Å²) in [4.78, 5) is 17.8. The molecule has 2 saturated heterocycles. The normalized spacial score (nSPS) is 22.5. The van der Waals surface area contributed by atoms with Crippen molar-refractivity contribution in [2.24, 2.45) is 5.92 Å². The molecule has 2 aliphatic rings. The fourth-order valence-electron chi connectivity index (χ4n) is 4.46. The molecule has 28 heavy (non-hydrogen) atoms. The molecule has 0 spiro atoms. The van der Waals surface area contributed by atoms with Gasteiger partial charge in [-0.2, -0.15) is 0 Å². The lowest BCUT2D eigenvalue weighted by molar-refractivity contribution is -0.0814. The van der Waals surface area contributed by atoms with Crippen LogP contribution in [0.5, 0.6) is 0 Å². The first-order valence-corrected chi connectivity index (χ1v) is 10.4. The molecule has 0 unspecified atom stereocenters. The second-order valence-corrected chi connectivity index (χ2v) is 8.53. The lowest BCUT2D eigenvalue weighted by atomic mass is 9.99. The summed E-state index contributed by atoms with van der Waals surface area (Å²) in [5.74, 6) is 0.768. The van der Waals surface area contributed by atoms with E-state index < -0.39 is 0 Å². The van der Waals surface area contributed by atoms with Crippen LogP contribution in [-0.2, 0) is 17.7 Å². The van der Waals surface area contributed by atoms with E-state index in [1.807, 2.05) is 12.1 Å². The molecule has 2 heterocycles. The van der Waals surface area contributed by atoms with E-state index in [-0.39, 0.29) is 18.0 Å². The Morgan fingerprint density at radius 1 is 0.964 bits per heavy atom. The van der Waals surface area contributed by atoms with Gasteiger partial charge in [0, 0.05) is 25.2 Å². The first-order valence-electron chi connectivity index (χ1n) is 10.4. The van der Waals surface area contributed by atoms with E-state index in [4.69, 9.17) is 4.74 Å². The van der Waals surface area contributed by atoms with Gasteiger partial charge in [-0.3, -0.25) is 9.69 Å². The van der Waals surface area contributed by atoms with Gasteiger partial charge < -0.3 is 9.64 Å².